The van der Waals surface area contributed by atoms with Gasteiger partial charge in [0.1, 0.15) is 12.2 Å². The molecule has 140 valence electrons. The molecule has 1 aliphatic carbocycles. The Morgan fingerprint density at radius 2 is 1.73 bits per heavy atom. The Morgan fingerprint density at radius 3 is 2.31 bits per heavy atom. The van der Waals surface area contributed by atoms with Crippen molar-refractivity contribution in [3.63, 3.8) is 0 Å². The minimum atomic E-state index is -1.18. The molecule has 0 aliphatic heterocycles. The number of esters is 3. The molecule has 0 atom stereocenters. The van der Waals surface area contributed by atoms with Crippen molar-refractivity contribution >= 4 is 23.5 Å². The van der Waals surface area contributed by atoms with Crippen LogP contribution in [0.2, 0.25) is 0 Å². The average Bonchev–Trinajstić information content (AvgIpc) is 3.46. The van der Waals surface area contributed by atoms with Crippen LogP contribution in [-0.4, -0.2) is 38.7 Å². The lowest BCUT2D eigenvalue weighted by molar-refractivity contribution is -0.165. The summed E-state index contributed by atoms with van der Waals surface area (Å²) in [6, 6.07) is 6.92. The summed E-state index contributed by atoms with van der Waals surface area (Å²) in [7, 11) is 2.69. The standard InChI is InChI=1S/C19H22O7/c1-4-25-17(21)19(9-10-19)18(22)26-11-13-7-5-6-8-14(13)15(12-23-2)16(20)24-3/h5-8,12H,4,9-11H2,1-3H3/b15-12-. The van der Waals surface area contributed by atoms with E-state index in [1.807, 2.05) is 0 Å². The first-order valence-corrected chi connectivity index (χ1v) is 8.24. The van der Waals surface area contributed by atoms with Crippen molar-refractivity contribution in [3.05, 3.63) is 41.7 Å². The van der Waals surface area contributed by atoms with Crippen LogP contribution in [-0.2, 0) is 39.9 Å². The molecule has 1 aromatic carbocycles. The molecule has 0 bridgehead atoms. The Hall–Kier alpha value is -2.83. The van der Waals surface area contributed by atoms with E-state index in [4.69, 9.17) is 18.9 Å². The number of methoxy groups -OCH3 is 2. The van der Waals surface area contributed by atoms with Crippen LogP contribution in [0, 0.1) is 5.41 Å². The normalized spacial score (nSPS) is 15.0. The zero-order valence-corrected chi connectivity index (χ0v) is 15.1. The van der Waals surface area contributed by atoms with Gasteiger partial charge in [0.25, 0.3) is 0 Å². The Balaban J connectivity index is 2.16. The van der Waals surface area contributed by atoms with Crippen molar-refractivity contribution in [2.24, 2.45) is 5.41 Å². The highest BCUT2D eigenvalue weighted by molar-refractivity contribution is 6.16. The maximum Gasteiger partial charge on any atom is 0.341 e. The summed E-state index contributed by atoms with van der Waals surface area (Å²) in [5.74, 6) is -1.73. The van der Waals surface area contributed by atoms with Crippen molar-refractivity contribution in [3.8, 4) is 0 Å². The van der Waals surface area contributed by atoms with Gasteiger partial charge in [-0.2, -0.15) is 0 Å². The smallest absolute Gasteiger partial charge is 0.341 e. The average molecular weight is 362 g/mol. The second-order valence-electron chi connectivity index (χ2n) is 5.79. The van der Waals surface area contributed by atoms with Crippen LogP contribution in [0.4, 0.5) is 0 Å². The van der Waals surface area contributed by atoms with Crippen molar-refractivity contribution in [2.45, 2.75) is 26.4 Å². The third-order valence-corrected chi connectivity index (χ3v) is 4.11. The van der Waals surface area contributed by atoms with Crippen LogP contribution in [0.25, 0.3) is 5.57 Å². The number of benzene rings is 1. The lowest BCUT2D eigenvalue weighted by Crippen LogP contribution is -2.29. The maximum atomic E-state index is 12.4. The quantitative estimate of drug-likeness (QED) is 0.230. The van der Waals surface area contributed by atoms with E-state index in [9.17, 15) is 14.4 Å². The van der Waals surface area contributed by atoms with Crippen molar-refractivity contribution in [1.82, 2.24) is 0 Å². The Morgan fingerprint density at radius 1 is 1.08 bits per heavy atom. The minimum absolute atomic E-state index is 0.0891. The Labute approximate surface area is 151 Å². The molecule has 2 rings (SSSR count). The molecule has 0 aromatic heterocycles. The summed E-state index contributed by atoms with van der Waals surface area (Å²) in [6.45, 7) is 1.81. The van der Waals surface area contributed by atoms with E-state index in [2.05, 4.69) is 0 Å². The number of ether oxygens (including phenoxy) is 4. The van der Waals surface area contributed by atoms with E-state index in [1.54, 1.807) is 31.2 Å². The van der Waals surface area contributed by atoms with Gasteiger partial charge in [0, 0.05) is 0 Å². The maximum absolute atomic E-state index is 12.4. The van der Waals surface area contributed by atoms with Crippen molar-refractivity contribution < 1.29 is 33.3 Å². The lowest BCUT2D eigenvalue weighted by Gasteiger charge is -2.15. The van der Waals surface area contributed by atoms with Gasteiger partial charge in [-0.15, -0.1) is 0 Å². The van der Waals surface area contributed by atoms with Crippen LogP contribution in [0.1, 0.15) is 30.9 Å². The van der Waals surface area contributed by atoms with Crippen LogP contribution in [0.15, 0.2) is 30.5 Å². The molecular formula is C19H22O7. The van der Waals surface area contributed by atoms with E-state index >= 15 is 0 Å². The predicted molar refractivity (Wildman–Crippen MR) is 91.5 cm³/mol. The highest BCUT2D eigenvalue weighted by atomic mass is 16.6. The fourth-order valence-electron chi connectivity index (χ4n) is 2.53. The first-order chi connectivity index (χ1) is 12.5. The summed E-state index contributed by atoms with van der Waals surface area (Å²) >= 11 is 0. The molecule has 0 heterocycles. The molecule has 0 radical (unpaired) electrons. The molecule has 1 aromatic rings. The van der Waals surface area contributed by atoms with Gasteiger partial charge in [0.2, 0.25) is 0 Å². The third kappa shape index (κ3) is 4.04. The molecule has 7 heteroatoms. The van der Waals surface area contributed by atoms with E-state index in [1.165, 1.54) is 20.5 Å². The molecule has 1 fully saturated rings. The highest BCUT2D eigenvalue weighted by Crippen LogP contribution is 2.48. The molecule has 1 aliphatic rings. The molecule has 1 saturated carbocycles. The molecule has 7 nitrogen and oxygen atoms in total. The zero-order chi connectivity index (χ0) is 19.2. The third-order valence-electron chi connectivity index (χ3n) is 4.11. The minimum Gasteiger partial charge on any atom is -0.503 e. The summed E-state index contributed by atoms with van der Waals surface area (Å²) in [6.07, 6.45) is 2.11. The van der Waals surface area contributed by atoms with Gasteiger partial charge in [-0.25, -0.2) is 4.79 Å². The van der Waals surface area contributed by atoms with Gasteiger partial charge in [0.15, 0.2) is 5.41 Å². The van der Waals surface area contributed by atoms with Gasteiger partial charge >= 0.3 is 17.9 Å². The van der Waals surface area contributed by atoms with Gasteiger partial charge in [0.05, 0.1) is 27.1 Å². The summed E-state index contributed by atoms with van der Waals surface area (Å²) in [5.41, 5.74) is 0.135. The highest BCUT2D eigenvalue weighted by Gasteiger charge is 2.59. The number of hydrogen-bond donors (Lipinski definition) is 0. The number of carbonyl (C=O) groups is 3. The van der Waals surface area contributed by atoms with E-state index in [-0.39, 0.29) is 18.8 Å². The molecule has 0 amide bonds. The summed E-state index contributed by atoms with van der Waals surface area (Å²) < 4.78 is 20.0. The lowest BCUT2D eigenvalue weighted by atomic mass is 10.0. The van der Waals surface area contributed by atoms with Crippen LogP contribution in [0.3, 0.4) is 0 Å². The zero-order valence-electron chi connectivity index (χ0n) is 15.1. The molecule has 0 N–H and O–H groups in total. The first kappa shape index (κ1) is 19.5. The molecule has 0 saturated heterocycles. The van der Waals surface area contributed by atoms with Crippen LogP contribution in [0.5, 0.6) is 0 Å². The van der Waals surface area contributed by atoms with Gasteiger partial charge in [-0.05, 0) is 30.9 Å². The molecule has 0 spiro atoms. The van der Waals surface area contributed by atoms with Gasteiger partial charge in [-0.1, -0.05) is 24.3 Å². The van der Waals surface area contributed by atoms with E-state index in [0.29, 0.717) is 24.0 Å². The number of rotatable bonds is 8. The Bertz CT molecular complexity index is 716. The first-order valence-electron chi connectivity index (χ1n) is 8.24. The molecule has 0 unspecified atom stereocenters. The van der Waals surface area contributed by atoms with Crippen LogP contribution >= 0.6 is 0 Å². The van der Waals surface area contributed by atoms with E-state index in [0.717, 1.165) is 0 Å². The fraction of sp³-hybridized carbons (Fsp3) is 0.421. The molecular weight excluding hydrogens is 340 g/mol. The number of hydrogen-bond acceptors (Lipinski definition) is 7. The number of carbonyl (C=O) groups excluding carboxylic acids is 3. The van der Waals surface area contributed by atoms with E-state index < -0.39 is 23.3 Å². The summed E-state index contributed by atoms with van der Waals surface area (Å²) in [4.78, 5) is 36.3. The topological polar surface area (TPSA) is 88.1 Å². The predicted octanol–water partition coefficient (Wildman–Crippen LogP) is 2.23. The largest absolute Gasteiger partial charge is 0.503 e. The SMILES string of the molecule is CCOC(=O)C1(C(=O)OCc2ccccc2/C(=C/OC)C(=O)OC)CC1. The Kier molecular flexibility index (Phi) is 6.38. The molecule has 26 heavy (non-hydrogen) atoms. The van der Waals surface area contributed by atoms with Crippen LogP contribution < -0.4 is 0 Å². The van der Waals surface area contributed by atoms with Crippen molar-refractivity contribution in [2.75, 3.05) is 20.8 Å². The summed E-state index contributed by atoms with van der Waals surface area (Å²) in [5, 5.41) is 0. The van der Waals surface area contributed by atoms with Gasteiger partial charge in [-0.3, -0.25) is 9.59 Å². The van der Waals surface area contributed by atoms with Crippen molar-refractivity contribution in [1.29, 1.82) is 0 Å². The second-order valence-corrected chi connectivity index (χ2v) is 5.79. The fourth-order valence-corrected chi connectivity index (χ4v) is 2.53. The second kappa shape index (κ2) is 8.51. The monoisotopic (exact) mass is 362 g/mol. The van der Waals surface area contributed by atoms with Gasteiger partial charge < -0.3 is 18.9 Å².